The standard InChI is InChI=1S/C16H16N2O2.2C7H7NO2.CH4/c1-11(19)13-4-3-5-15(10-13)18-16(20)12-6-8-14(17-2)9-7-12;8-6-3-1-5(2-4-6)7(9)10;8-6-3-1-2-5(4-6)7(9)10;/h3-10,17H,1-2H3,(H,18,20);2*1-4H,8H2,(H,9,10);1H4. The van der Waals surface area contributed by atoms with Crippen LogP contribution in [0.25, 0.3) is 0 Å². The van der Waals surface area contributed by atoms with Crippen molar-refractivity contribution in [1.29, 1.82) is 0 Å². The number of ketones is 1. The van der Waals surface area contributed by atoms with E-state index in [2.05, 4.69) is 10.6 Å². The number of nitrogens with one attached hydrogen (secondary N) is 2. The normalized spacial score (nSPS) is 9.32. The molecular weight excluding hydrogens is 524 g/mol. The number of nitrogens with two attached hydrogens (primary N) is 2. The monoisotopic (exact) mass is 558 g/mol. The quantitative estimate of drug-likeness (QED) is 0.126. The lowest BCUT2D eigenvalue weighted by Gasteiger charge is -2.07. The fraction of sp³-hybridized carbons (Fsp3) is 0.0968. The first-order valence-corrected chi connectivity index (χ1v) is 11.9. The maximum atomic E-state index is 12.1. The van der Waals surface area contributed by atoms with Crippen LogP contribution in [-0.2, 0) is 0 Å². The van der Waals surface area contributed by atoms with Crippen LogP contribution in [-0.4, -0.2) is 40.9 Å². The molecule has 214 valence electrons. The molecule has 0 saturated heterocycles. The van der Waals surface area contributed by atoms with E-state index < -0.39 is 11.9 Å². The fourth-order valence-corrected chi connectivity index (χ4v) is 3.10. The third-order valence-electron chi connectivity index (χ3n) is 5.25. The number of carbonyl (C=O) groups is 4. The minimum Gasteiger partial charge on any atom is -0.478 e. The summed E-state index contributed by atoms with van der Waals surface area (Å²) in [4.78, 5) is 44.0. The number of hydrogen-bond acceptors (Lipinski definition) is 7. The number of carboxylic acid groups (broad SMARTS) is 2. The summed E-state index contributed by atoms with van der Waals surface area (Å²) < 4.78 is 0. The van der Waals surface area contributed by atoms with Gasteiger partial charge in [-0.15, -0.1) is 0 Å². The predicted octanol–water partition coefficient (Wildman–Crippen LogP) is 5.75. The van der Waals surface area contributed by atoms with Crippen molar-refractivity contribution in [3.05, 3.63) is 119 Å². The number of anilines is 4. The Kier molecular flexibility index (Phi) is 13.3. The van der Waals surface area contributed by atoms with Gasteiger partial charge in [-0.1, -0.05) is 25.6 Å². The van der Waals surface area contributed by atoms with Crippen LogP contribution in [0.3, 0.4) is 0 Å². The number of rotatable bonds is 6. The molecule has 0 aliphatic heterocycles. The van der Waals surface area contributed by atoms with E-state index in [1.54, 1.807) is 60.7 Å². The Morgan fingerprint density at radius 1 is 0.610 bits per heavy atom. The lowest BCUT2D eigenvalue weighted by atomic mass is 10.1. The second-order valence-corrected chi connectivity index (χ2v) is 8.28. The Morgan fingerprint density at radius 3 is 1.63 bits per heavy atom. The molecule has 10 nitrogen and oxygen atoms in total. The van der Waals surface area contributed by atoms with Crippen LogP contribution < -0.4 is 22.1 Å². The van der Waals surface area contributed by atoms with Gasteiger partial charge in [0, 0.05) is 40.9 Å². The number of aromatic carboxylic acids is 2. The van der Waals surface area contributed by atoms with E-state index in [-0.39, 0.29) is 30.2 Å². The second kappa shape index (κ2) is 16.4. The van der Waals surface area contributed by atoms with Gasteiger partial charge >= 0.3 is 11.9 Å². The summed E-state index contributed by atoms with van der Waals surface area (Å²) in [5.74, 6) is -2.11. The summed E-state index contributed by atoms with van der Waals surface area (Å²) in [5.41, 5.74) is 14.9. The number of benzene rings is 4. The Hall–Kier alpha value is -5.64. The van der Waals surface area contributed by atoms with E-state index >= 15 is 0 Å². The molecule has 0 aromatic heterocycles. The van der Waals surface area contributed by atoms with Gasteiger partial charge in [0.15, 0.2) is 5.78 Å². The molecular formula is C31H34N4O6. The van der Waals surface area contributed by atoms with Gasteiger partial charge in [-0.25, -0.2) is 9.59 Å². The minimum absolute atomic E-state index is 0. The van der Waals surface area contributed by atoms with Crippen molar-refractivity contribution in [2.45, 2.75) is 14.4 Å². The summed E-state index contributed by atoms with van der Waals surface area (Å²) in [6, 6.07) is 26.3. The van der Waals surface area contributed by atoms with E-state index in [0.29, 0.717) is 28.2 Å². The molecule has 0 fully saturated rings. The topological polar surface area (TPSA) is 185 Å². The van der Waals surface area contributed by atoms with E-state index in [9.17, 15) is 19.2 Å². The molecule has 8 N–H and O–H groups in total. The van der Waals surface area contributed by atoms with Crippen molar-refractivity contribution >= 4 is 46.4 Å². The zero-order valence-corrected chi connectivity index (χ0v) is 21.9. The molecule has 4 aromatic rings. The van der Waals surface area contributed by atoms with Gasteiger partial charge in [0.25, 0.3) is 5.91 Å². The molecule has 0 aliphatic rings. The maximum Gasteiger partial charge on any atom is 0.335 e. The fourth-order valence-electron chi connectivity index (χ4n) is 3.10. The largest absolute Gasteiger partial charge is 0.478 e. The molecule has 1 amide bonds. The highest BCUT2D eigenvalue weighted by Crippen LogP contribution is 2.14. The minimum atomic E-state index is -0.952. The Labute approximate surface area is 238 Å². The summed E-state index contributed by atoms with van der Waals surface area (Å²) in [5, 5.41) is 22.7. The van der Waals surface area contributed by atoms with Gasteiger partial charge in [-0.2, -0.15) is 0 Å². The molecule has 4 aromatic carbocycles. The van der Waals surface area contributed by atoms with E-state index in [1.165, 1.54) is 31.2 Å². The Balaban J connectivity index is 0.000000337. The number of carboxylic acids is 2. The molecule has 0 aliphatic carbocycles. The third kappa shape index (κ3) is 11.3. The molecule has 0 bridgehead atoms. The van der Waals surface area contributed by atoms with Crippen molar-refractivity contribution in [2.24, 2.45) is 0 Å². The van der Waals surface area contributed by atoms with Gasteiger partial charge in [-0.3, -0.25) is 9.59 Å². The molecule has 0 spiro atoms. The molecule has 0 unspecified atom stereocenters. The summed E-state index contributed by atoms with van der Waals surface area (Å²) in [6.07, 6.45) is 0. The van der Waals surface area contributed by atoms with Crippen LogP contribution in [0.2, 0.25) is 0 Å². The van der Waals surface area contributed by atoms with Crippen molar-refractivity contribution in [2.75, 3.05) is 29.1 Å². The number of amides is 1. The molecule has 0 atom stereocenters. The van der Waals surface area contributed by atoms with Crippen LogP contribution in [0.1, 0.15) is 55.8 Å². The zero-order valence-electron chi connectivity index (χ0n) is 21.9. The number of hydrogen-bond donors (Lipinski definition) is 6. The smallest absolute Gasteiger partial charge is 0.335 e. The van der Waals surface area contributed by atoms with Gasteiger partial charge in [0.2, 0.25) is 0 Å². The average Bonchev–Trinajstić information content (AvgIpc) is 2.94. The SMILES string of the molecule is C.CNc1ccc(C(=O)Nc2cccc(C(C)=O)c2)cc1.Nc1ccc(C(=O)O)cc1.Nc1cccc(C(=O)O)c1. The lowest BCUT2D eigenvalue weighted by Crippen LogP contribution is -2.12. The highest BCUT2D eigenvalue weighted by Gasteiger charge is 2.07. The van der Waals surface area contributed by atoms with E-state index in [1.807, 2.05) is 19.2 Å². The van der Waals surface area contributed by atoms with Gasteiger partial charge < -0.3 is 32.3 Å². The van der Waals surface area contributed by atoms with E-state index in [0.717, 1.165) is 5.69 Å². The van der Waals surface area contributed by atoms with Crippen molar-refractivity contribution < 1.29 is 29.4 Å². The van der Waals surface area contributed by atoms with Crippen LogP contribution in [0, 0.1) is 0 Å². The van der Waals surface area contributed by atoms with Crippen molar-refractivity contribution in [1.82, 2.24) is 0 Å². The van der Waals surface area contributed by atoms with Crippen molar-refractivity contribution in [3.8, 4) is 0 Å². The second-order valence-electron chi connectivity index (χ2n) is 8.28. The molecule has 0 saturated carbocycles. The van der Waals surface area contributed by atoms with Crippen LogP contribution in [0.15, 0.2) is 97.1 Å². The van der Waals surface area contributed by atoms with E-state index in [4.69, 9.17) is 21.7 Å². The molecule has 10 heteroatoms. The van der Waals surface area contributed by atoms with Crippen molar-refractivity contribution in [3.63, 3.8) is 0 Å². The third-order valence-corrected chi connectivity index (χ3v) is 5.25. The predicted molar refractivity (Wildman–Crippen MR) is 163 cm³/mol. The highest BCUT2D eigenvalue weighted by atomic mass is 16.4. The lowest BCUT2D eigenvalue weighted by molar-refractivity contribution is 0.0686. The summed E-state index contributed by atoms with van der Waals surface area (Å²) in [7, 11) is 1.82. The van der Waals surface area contributed by atoms with Crippen LogP contribution >= 0.6 is 0 Å². The molecule has 41 heavy (non-hydrogen) atoms. The zero-order chi connectivity index (χ0) is 29.7. The van der Waals surface area contributed by atoms with Gasteiger partial charge in [0.1, 0.15) is 0 Å². The summed E-state index contributed by atoms with van der Waals surface area (Å²) in [6.45, 7) is 1.50. The number of Topliss-reactive ketones (excluding diaryl/α,β-unsaturated/α-hetero) is 1. The average molecular weight is 559 g/mol. The van der Waals surface area contributed by atoms with Crippen LogP contribution in [0.4, 0.5) is 22.7 Å². The Morgan fingerprint density at radius 2 is 1.15 bits per heavy atom. The first kappa shape index (κ1) is 33.4. The van der Waals surface area contributed by atoms with Gasteiger partial charge in [-0.05, 0) is 85.8 Å². The van der Waals surface area contributed by atoms with Gasteiger partial charge in [0.05, 0.1) is 11.1 Å². The number of carbonyl (C=O) groups excluding carboxylic acids is 2. The first-order valence-electron chi connectivity index (χ1n) is 11.9. The first-order chi connectivity index (χ1) is 19.0. The molecule has 0 heterocycles. The summed E-state index contributed by atoms with van der Waals surface area (Å²) >= 11 is 0. The Bertz CT molecular complexity index is 1470. The number of nitrogen functional groups attached to an aromatic ring is 2. The maximum absolute atomic E-state index is 12.1. The van der Waals surface area contributed by atoms with Crippen LogP contribution in [0.5, 0.6) is 0 Å². The highest BCUT2D eigenvalue weighted by molar-refractivity contribution is 6.05. The molecule has 0 radical (unpaired) electrons. The molecule has 4 rings (SSSR count).